The SMILES string of the molecule is CCc1nn(C)cc1CNc1cc(C(F)(F)F)nc(-c2cccnc2)n1. The summed E-state index contributed by atoms with van der Waals surface area (Å²) in [6.45, 7) is 2.29. The van der Waals surface area contributed by atoms with Crippen molar-refractivity contribution in [2.24, 2.45) is 7.05 Å². The average molecular weight is 362 g/mol. The maximum Gasteiger partial charge on any atom is 0.433 e. The molecular formula is C17H17F3N6. The van der Waals surface area contributed by atoms with Crippen LogP contribution in [0.25, 0.3) is 11.4 Å². The monoisotopic (exact) mass is 362 g/mol. The van der Waals surface area contributed by atoms with Crippen molar-refractivity contribution in [2.45, 2.75) is 26.1 Å². The van der Waals surface area contributed by atoms with E-state index in [0.717, 1.165) is 23.7 Å². The van der Waals surface area contributed by atoms with Crippen molar-refractivity contribution in [1.29, 1.82) is 0 Å². The van der Waals surface area contributed by atoms with Crippen LogP contribution >= 0.6 is 0 Å². The predicted molar refractivity (Wildman–Crippen MR) is 90.2 cm³/mol. The minimum atomic E-state index is -4.57. The molecule has 0 radical (unpaired) electrons. The maximum atomic E-state index is 13.2. The fraction of sp³-hybridized carbons (Fsp3) is 0.294. The van der Waals surface area contributed by atoms with Crippen LogP contribution in [-0.4, -0.2) is 24.7 Å². The number of aryl methyl sites for hydroxylation is 2. The number of aromatic nitrogens is 5. The quantitative estimate of drug-likeness (QED) is 0.753. The highest BCUT2D eigenvalue weighted by molar-refractivity contribution is 5.56. The Balaban J connectivity index is 1.93. The number of pyridine rings is 1. The van der Waals surface area contributed by atoms with Crippen molar-refractivity contribution in [1.82, 2.24) is 24.7 Å². The fourth-order valence-corrected chi connectivity index (χ4v) is 2.52. The van der Waals surface area contributed by atoms with Crippen molar-refractivity contribution < 1.29 is 13.2 Å². The molecule has 1 N–H and O–H groups in total. The van der Waals surface area contributed by atoms with Crippen LogP contribution in [0.1, 0.15) is 23.9 Å². The second kappa shape index (κ2) is 7.11. The molecule has 9 heteroatoms. The zero-order valence-electron chi connectivity index (χ0n) is 14.2. The Bertz CT molecular complexity index is 889. The second-order valence-corrected chi connectivity index (χ2v) is 5.68. The summed E-state index contributed by atoms with van der Waals surface area (Å²) < 4.78 is 41.3. The van der Waals surface area contributed by atoms with E-state index >= 15 is 0 Å². The number of anilines is 1. The average Bonchev–Trinajstić information content (AvgIpc) is 2.99. The lowest BCUT2D eigenvalue weighted by atomic mass is 10.2. The van der Waals surface area contributed by atoms with Gasteiger partial charge >= 0.3 is 6.18 Å². The van der Waals surface area contributed by atoms with Gasteiger partial charge in [-0.05, 0) is 18.6 Å². The van der Waals surface area contributed by atoms with Crippen LogP contribution in [0.3, 0.4) is 0 Å². The molecule has 136 valence electrons. The summed E-state index contributed by atoms with van der Waals surface area (Å²) in [4.78, 5) is 11.7. The van der Waals surface area contributed by atoms with Crippen LogP contribution in [0.5, 0.6) is 0 Å². The summed E-state index contributed by atoms with van der Waals surface area (Å²) in [6.07, 6.45) is 0.954. The van der Waals surface area contributed by atoms with Crippen LogP contribution in [0.15, 0.2) is 36.8 Å². The minimum Gasteiger partial charge on any atom is -0.366 e. The first kappa shape index (κ1) is 17.8. The van der Waals surface area contributed by atoms with Crippen LogP contribution < -0.4 is 5.32 Å². The van der Waals surface area contributed by atoms with Gasteiger partial charge in [-0.2, -0.15) is 18.3 Å². The molecule has 0 bridgehead atoms. The normalized spacial score (nSPS) is 11.6. The van der Waals surface area contributed by atoms with Gasteiger partial charge in [0.25, 0.3) is 0 Å². The largest absolute Gasteiger partial charge is 0.433 e. The Morgan fingerprint density at radius 3 is 2.69 bits per heavy atom. The highest BCUT2D eigenvalue weighted by Crippen LogP contribution is 2.30. The van der Waals surface area contributed by atoms with Crippen LogP contribution in [0.4, 0.5) is 19.0 Å². The van der Waals surface area contributed by atoms with Crippen molar-refractivity contribution in [3.63, 3.8) is 0 Å². The minimum absolute atomic E-state index is 0.0303. The Kier molecular flexibility index (Phi) is 4.88. The number of hydrogen-bond donors (Lipinski definition) is 1. The van der Waals surface area contributed by atoms with E-state index in [0.29, 0.717) is 12.1 Å². The predicted octanol–water partition coefficient (Wildman–Crippen LogP) is 3.47. The van der Waals surface area contributed by atoms with E-state index in [4.69, 9.17) is 0 Å². The van der Waals surface area contributed by atoms with Gasteiger partial charge in [0, 0.05) is 49.4 Å². The third-order valence-electron chi connectivity index (χ3n) is 3.72. The van der Waals surface area contributed by atoms with Gasteiger partial charge in [-0.15, -0.1) is 0 Å². The molecule has 6 nitrogen and oxygen atoms in total. The Morgan fingerprint density at radius 2 is 2.04 bits per heavy atom. The van der Waals surface area contributed by atoms with Crippen LogP contribution in [0, 0.1) is 0 Å². The van der Waals surface area contributed by atoms with Gasteiger partial charge in [0.2, 0.25) is 0 Å². The van der Waals surface area contributed by atoms with E-state index in [1.165, 1.54) is 12.4 Å². The van der Waals surface area contributed by atoms with Crippen molar-refractivity contribution in [3.05, 3.63) is 53.7 Å². The van der Waals surface area contributed by atoms with Crippen LogP contribution in [-0.2, 0) is 26.2 Å². The lowest BCUT2D eigenvalue weighted by Crippen LogP contribution is -2.12. The molecule has 0 aliphatic carbocycles. The Labute approximate surface area is 148 Å². The van der Waals surface area contributed by atoms with Gasteiger partial charge in [0.15, 0.2) is 11.5 Å². The highest BCUT2D eigenvalue weighted by Gasteiger charge is 2.33. The van der Waals surface area contributed by atoms with Crippen molar-refractivity contribution in [2.75, 3.05) is 5.32 Å². The standard InChI is InChI=1S/C17H17F3N6/c1-3-13-12(10-26(2)25-13)9-22-15-7-14(17(18,19)20)23-16(24-15)11-5-4-6-21-8-11/h4-8,10H,3,9H2,1-2H3,(H,22,23,24). The van der Waals surface area contributed by atoms with E-state index in [9.17, 15) is 13.2 Å². The molecule has 0 atom stereocenters. The summed E-state index contributed by atoms with van der Waals surface area (Å²) >= 11 is 0. The fourth-order valence-electron chi connectivity index (χ4n) is 2.52. The molecule has 0 aromatic carbocycles. The van der Waals surface area contributed by atoms with E-state index in [2.05, 4.69) is 25.4 Å². The first-order valence-corrected chi connectivity index (χ1v) is 7.98. The molecule has 3 aromatic heterocycles. The number of nitrogens with zero attached hydrogens (tertiary/aromatic N) is 5. The van der Waals surface area contributed by atoms with Gasteiger partial charge in [-0.1, -0.05) is 6.92 Å². The number of hydrogen-bond acceptors (Lipinski definition) is 5. The molecule has 0 aliphatic heterocycles. The topological polar surface area (TPSA) is 68.5 Å². The molecule has 0 saturated carbocycles. The van der Waals surface area contributed by atoms with E-state index in [-0.39, 0.29) is 11.6 Å². The molecular weight excluding hydrogens is 345 g/mol. The first-order valence-electron chi connectivity index (χ1n) is 7.98. The lowest BCUT2D eigenvalue weighted by molar-refractivity contribution is -0.141. The van der Waals surface area contributed by atoms with Gasteiger partial charge < -0.3 is 5.32 Å². The third-order valence-corrected chi connectivity index (χ3v) is 3.72. The zero-order valence-corrected chi connectivity index (χ0v) is 14.2. The zero-order chi connectivity index (χ0) is 18.7. The molecule has 0 fully saturated rings. The van der Waals surface area contributed by atoms with Gasteiger partial charge in [-0.3, -0.25) is 9.67 Å². The highest BCUT2D eigenvalue weighted by atomic mass is 19.4. The van der Waals surface area contributed by atoms with Gasteiger partial charge in [0.1, 0.15) is 5.82 Å². The molecule has 0 amide bonds. The molecule has 0 saturated heterocycles. The third kappa shape index (κ3) is 3.98. The molecule has 0 spiro atoms. The molecule has 3 aromatic rings. The Hall–Kier alpha value is -2.97. The van der Waals surface area contributed by atoms with Gasteiger partial charge in [-0.25, -0.2) is 9.97 Å². The van der Waals surface area contributed by atoms with E-state index in [1.807, 2.05) is 13.1 Å². The Morgan fingerprint density at radius 1 is 1.23 bits per heavy atom. The molecule has 3 heterocycles. The summed E-state index contributed by atoms with van der Waals surface area (Å²) in [5.41, 5.74) is 1.20. The van der Waals surface area contributed by atoms with E-state index in [1.54, 1.807) is 23.9 Å². The van der Waals surface area contributed by atoms with Crippen molar-refractivity contribution in [3.8, 4) is 11.4 Å². The van der Waals surface area contributed by atoms with Crippen LogP contribution in [0.2, 0.25) is 0 Å². The van der Waals surface area contributed by atoms with Gasteiger partial charge in [0.05, 0.1) is 5.69 Å². The molecule has 26 heavy (non-hydrogen) atoms. The summed E-state index contributed by atoms with van der Waals surface area (Å²) in [5, 5.41) is 7.27. The number of halogens is 3. The number of rotatable bonds is 5. The summed E-state index contributed by atoms with van der Waals surface area (Å²) in [5.74, 6) is 0.0643. The first-order chi connectivity index (χ1) is 12.4. The van der Waals surface area contributed by atoms with E-state index < -0.39 is 11.9 Å². The smallest absolute Gasteiger partial charge is 0.366 e. The second-order valence-electron chi connectivity index (χ2n) is 5.68. The number of nitrogens with one attached hydrogen (secondary N) is 1. The molecule has 3 rings (SSSR count). The molecule has 0 aliphatic rings. The lowest BCUT2D eigenvalue weighted by Gasteiger charge is -2.12. The maximum absolute atomic E-state index is 13.2. The summed E-state index contributed by atoms with van der Waals surface area (Å²) in [6, 6.07) is 4.14. The summed E-state index contributed by atoms with van der Waals surface area (Å²) in [7, 11) is 1.80. The van der Waals surface area contributed by atoms with Crippen molar-refractivity contribution >= 4 is 5.82 Å². The number of alkyl halides is 3. The molecule has 0 unspecified atom stereocenters.